The van der Waals surface area contributed by atoms with E-state index in [1.807, 2.05) is 12.3 Å². The molecule has 2 aromatic rings. The van der Waals surface area contributed by atoms with Gasteiger partial charge in [0.15, 0.2) is 0 Å². The van der Waals surface area contributed by atoms with Crippen LogP contribution in [0.3, 0.4) is 0 Å². The Kier molecular flexibility index (Phi) is 4.17. The molecular weight excluding hydrogens is 286 g/mol. The number of aryl methyl sites for hydroxylation is 1. The minimum atomic E-state index is -0.473. The topological polar surface area (TPSA) is 52.3 Å². The van der Waals surface area contributed by atoms with Gasteiger partial charge in [-0.25, -0.2) is 4.79 Å². The number of aromatic nitrogens is 1. The largest absolute Gasteiger partial charge is 0.465 e. The third-order valence-electron chi connectivity index (χ3n) is 2.61. The molecule has 0 spiro atoms. The third kappa shape index (κ3) is 2.62. The van der Waals surface area contributed by atoms with Crippen LogP contribution in [0.15, 0.2) is 27.6 Å². The number of ether oxygens (including phenoxy) is 1. The number of thioether (sulfide) groups is 1. The van der Waals surface area contributed by atoms with Crippen LogP contribution < -0.4 is 0 Å². The lowest BCUT2D eigenvalue weighted by atomic mass is 10.1. The number of carbonyl (C=O) groups excluding carboxylic acids is 1. The van der Waals surface area contributed by atoms with Gasteiger partial charge in [-0.15, -0.1) is 11.8 Å². The van der Waals surface area contributed by atoms with Crippen molar-refractivity contribution in [3.63, 3.8) is 0 Å². The highest BCUT2D eigenvalue weighted by Gasteiger charge is 2.20. The van der Waals surface area contributed by atoms with Crippen LogP contribution >= 0.6 is 23.4 Å². The molecule has 6 heteroatoms. The first kappa shape index (κ1) is 14.0. The molecule has 0 radical (unpaired) electrons. The summed E-state index contributed by atoms with van der Waals surface area (Å²) in [5.74, 6) is 0.209. The molecule has 0 amide bonds. The summed E-state index contributed by atoms with van der Waals surface area (Å²) in [6.07, 6.45) is 1.93. The van der Waals surface area contributed by atoms with Gasteiger partial charge in [-0.05, 0) is 25.3 Å². The lowest BCUT2D eigenvalue weighted by Gasteiger charge is -2.10. The zero-order chi connectivity index (χ0) is 14.0. The number of carbonyl (C=O) groups is 1. The second kappa shape index (κ2) is 5.67. The zero-order valence-corrected chi connectivity index (χ0v) is 12.3. The van der Waals surface area contributed by atoms with Crippen LogP contribution in [0.1, 0.15) is 16.1 Å². The highest BCUT2D eigenvalue weighted by molar-refractivity contribution is 7.98. The zero-order valence-electron chi connectivity index (χ0n) is 10.7. The van der Waals surface area contributed by atoms with Gasteiger partial charge in [0, 0.05) is 16.5 Å². The van der Waals surface area contributed by atoms with Crippen molar-refractivity contribution >= 4 is 29.3 Å². The maximum atomic E-state index is 11.7. The Hall–Kier alpha value is -1.46. The predicted molar refractivity (Wildman–Crippen MR) is 74.8 cm³/mol. The maximum Gasteiger partial charge on any atom is 0.339 e. The van der Waals surface area contributed by atoms with Crippen molar-refractivity contribution in [1.82, 2.24) is 5.16 Å². The summed E-state index contributed by atoms with van der Waals surface area (Å²) in [5, 5.41) is 4.28. The van der Waals surface area contributed by atoms with Crippen molar-refractivity contribution < 1.29 is 14.1 Å². The van der Waals surface area contributed by atoms with Crippen LogP contribution in [0.5, 0.6) is 0 Å². The smallest absolute Gasteiger partial charge is 0.339 e. The van der Waals surface area contributed by atoms with E-state index in [4.69, 9.17) is 20.9 Å². The standard InChI is InChI=1S/C13H12ClNO3S/c1-7-6-9(15-18-7)11-10(19-3)5-4-8(12(11)14)13(16)17-2/h4-6H,1-3H3. The van der Waals surface area contributed by atoms with Gasteiger partial charge in [0.25, 0.3) is 0 Å². The summed E-state index contributed by atoms with van der Waals surface area (Å²) >= 11 is 7.84. The Morgan fingerprint density at radius 2 is 2.21 bits per heavy atom. The molecule has 19 heavy (non-hydrogen) atoms. The molecule has 0 atom stereocenters. The molecule has 0 aliphatic heterocycles. The van der Waals surface area contributed by atoms with Crippen molar-refractivity contribution in [2.75, 3.05) is 13.4 Å². The van der Waals surface area contributed by atoms with Crippen LogP contribution in [-0.2, 0) is 4.74 Å². The number of methoxy groups -OCH3 is 1. The third-order valence-corrected chi connectivity index (χ3v) is 3.79. The predicted octanol–water partition coefficient (Wildman–Crippen LogP) is 3.81. The van der Waals surface area contributed by atoms with Crippen LogP contribution in [0.25, 0.3) is 11.3 Å². The second-order valence-electron chi connectivity index (χ2n) is 3.82. The number of esters is 1. The molecule has 0 fully saturated rings. The monoisotopic (exact) mass is 297 g/mol. The highest BCUT2D eigenvalue weighted by atomic mass is 35.5. The van der Waals surface area contributed by atoms with E-state index in [2.05, 4.69) is 5.16 Å². The number of halogens is 1. The molecular formula is C13H12ClNO3S. The number of rotatable bonds is 3. The van der Waals surface area contributed by atoms with E-state index in [0.29, 0.717) is 27.6 Å². The van der Waals surface area contributed by atoms with E-state index >= 15 is 0 Å². The molecule has 0 aliphatic carbocycles. The fourth-order valence-electron chi connectivity index (χ4n) is 1.72. The molecule has 0 saturated heterocycles. The summed E-state index contributed by atoms with van der Waals surface area (Å²) in [7, 11) is 1.32. The first-order valence-electron chi connectivity index (χ1n) is 5.47. The Bertz CT molecular complexity index is 624. The van der Waals surface area contributed by atoms with Gasteiger partial charge in [0.05, 0.1) is 17.7 Å². The van der Waals surface area contributed by atoms with E-state index in [1.54, 1.807) is 19.1 Å². The molecule has 0 bridgehead atoms. The minimum Gasteiger partial charge on any atom is -0.465 e. The number of hydrogen-bond acceptors (Lipinski definition) is 5. The van der Waals surface area contributed by atoms with E-state index < -0.39 is 5.97 Å². The molecule has 0 aliphatic rings. The van der Waals surface area contributed by atoms with E-state index in [0.717, 1.165) is 4.90 Å². The van der Waals surface area contributed by atoms with Gasteiger partial charge < -0.3 is 9.26 Å². The van der Waals surface area contributed by atoms with Gasteiger partial charge in [0.2, 0.25) is 0 Å². The van der Waals surface area contributed by atoms with Crippen molar-refractivity contribution in [3.05, 3.63) is 34.5 Å². The number of nitrogens with zero attached hydrogens (tertiary/aromatic N) is 1. The Balaban J connectivity index is 2.66. The van der Waals surface area contributed by atoms with E-state index in [1.165, 1.54) is 18.9 Å². The molecule has 4 nitrogen and oxygen atoms in total. The Morgan fingerprint density at radius 1 is 1.47 bits per heavy atom. The van der Waals surface area contributed by atoms with Crippen LogP contribution in [0.4, 0.5) is 0 Å². The lowest BCUT2D eigenvalue weighted by molar-refractivity contribution is 0.0601. The van der Waals surface area contributed by atoms with Gasteiger partial charge >= 0.3 is 5.97 Å². The molecule has 2 rings (SSSR count). The first-order valence-corrected chi connectivity index (χ1v) is 7.07. The van der Waals surface area contributed by atoms with Crippen molar-refractivity contribution in [2.45, 2.75) is 11.8 Å². The molecule has 0 unspecified atom stereocenters. The molecule has 1 heterocycles. The van der Waals surface area contributed by atoms with Crippen molar-refractivity contribution in [2.24, 2.45) is 0 Å². The normalized spacial score (nSPS) is 10.5. The summed E-state index contributed by atoms with van der Waals surface area (Å²) < 4.78 is 9.78. The van der Waals surface area contributed by atoms with Crippen LogP contribution in [0.2, 0.25) is 5.02 Å². The van der Waals surface area contributed by atoms with Crippen molar-refractivity contribution in [3.8, 4) is 11.3 Å². The lowest BCUT2D eigenvalue weighted by Crippen LogP contribution is -2.03. The molecule has 100 valence electrons. The van der Waals surface area contributed by atoms with Gasteiger partial charge in [-0.2, -0.15) is 0 Å². The average molecular weight is 298 g/mol. The Morgan fingerprint density at radius 3 is 2.74 bits per heavy atom. The van der Waals surface area contributed by atoms with E-state index in [-0.39, 0.29) is 0 Å². The van der Waals surface area contributed by atoms with Gasteiger partial charge in [-0.1, -0.05) is 16.8 Å². The number of hydrogen-bond donors (Lipinski definition) is 0. The first-order chi connectivity index (χ1) is 9.08. The maximum absolute atomic E-state index is 11.7. The van der Waals surface area contributed by atoms with Gasteiger partial charge in [-0.3, -0.25) is 0 Å². The fourth-order valence-corrected chi connectivity index (χ4v) is 2.73. The number of benzene rings is 1. The van der Waals surface area contributed by atoms with Crippen LogP contribution in [-0.4, -0.2) is 24.5 Å². The van der Waals surface area contributed by atoms with Crippen molar-refractivity contribution in [1.29, 1.82) is 0 Å². The molecule has 0 saturated carbocycles. The summed E-state index contributed by atoms with van der Waals surface area (Å²) in [4.78, 5) is 12.6. The molecule has 0 N–H and O–H groups in total. The quantitative estimate of drug-likeness (QED) is 0.637. The summed E-state index contributed by atoms with van der Waals surface area (Å²) in [6.45, 7) is 1.80. The van der Waals surface area contributed by atoms with E-state index in [9.17, 15) is 4.79 Å². The average Bonchev–Trinajstić information content (AvgIpc) is 2.83. The molecule has 1 aromatic carbocycles. The highest BCUT2D eigenvalue weighted by Crippen LogP contribution is 2.38. The van der Waals surface area contributed by atoms with Crippen LogP contribution in [0, 0.1) is 6.92 Å². The fraction of sp³-hybridized carbons (Fsp3) is 0.231. The minimum absolute atomic E-state index is 0.317. The summed E-state index contributed by atoms with van der Waals surface area (Å²) in [5.41, 5.74) is 1.61. The Labute approximate surface area is 120 Å². The molecule has 1 aromatic heterocycles. The van der Waals surface area contributed by atoms with Gasteiger partial charge in [0.1, 0.15) is 11.5 Å². The SMILES string of the molecule is COC(=O)c1ccc(SC)c(-c2cc(C)on2)c1Cl. The summed E-state index contributed by atoms with van der Waals surface area (Å²) in [6, 6.07) is 5.25. The second-order valence-corrected chi connectivity index (χ2v) is 5.04.